The molecule has 0 aromatic carbocycles. The maximum atomic E-state index is 15.5. The highest BCUT2D eigenvalue weighted by atomic mass is 16.8. The second kappa shape index (κ2) is 23.0. The molecule has 25 heteroatoms. The fraction of sp³-hybridized carbons (Fsp3) is 0.931. The Morgan fingerprint density at radius 2 is 1.25 bits per heavy atom. The average Bonchev–Trinajstić information content (AvgIpc) is 1.12. The van der Waals surface area contributed by atoms with Crippen LogP contribution in [0.5, 0.6) is 0 Å². The van der Waals surface area contributed by atoms with Crippen molar-refractivity contribution in [2.24, 2.45) is 50.2 Å². The van der Waals surface area contributed by atoms with Crippen molar-refractivity contribution in [3.8, 4) is 0 Å². The second-order valence-corrected chi connectivity index (χ2v) is 28.1. The molecule has 474 valence electrons. The van der Waals surface area contributed by atoms with E-state index in [1.54, 1.807) is 0 Å². The summed E-state index contributed by atoms with van der Waals surface area (Å²) in [6, 6.07) is 0. The molecule has 10 rings (SSSR count). The smallest absolute Gasteiger partial charge is 0.337 e. The topological polar surface area (TPSA) is 378 Å². The molecule has 5 aliphatic carbocycles. The predicted octanol–water partition coefficient (Wildman–Crippen LogP) is -1.08. The van der Waals surface area contributed by atoms with Crippen LogP contribution in [0.1, 0.15) is 120 Å². The molecule has 83 heavy (non-hydrogen) atoms. The lowest BCUT2D eigenvalue weighted by Gasteiger charge is -2.71. The Kier molecular flexibility index (Phi) is 17.7. The van der Waals surface area contributed by atoms with E-state index in [9.17, 15) is 66.1 Å². The quantitative estimate of drug-likeness (QED) is 0.0628. The number of aliphatic hydroxyl groups is 12. The van der Waals surface area contributed by atoms with E-state index in [2.05, 4.69) is 54.5 Å². The van der Waals surface area contributed by atoms with Gasteiger partial charge in [0.25, 0.3) is 0 Å². The minimum absolute atomic E-state index is 0.152. The standard InChI is InChI=1S/C58H92O25/c1-25-40(79-46-37(66)33(62)28(60)21-74-46)41(80-50-44(69)58(72,23-59)24-76-50)39(68)48(77-25)82-43-34(63)29(61)22-75-49(43)83-51(71)57-18-16-52(2,3)20-27(57)26-10-11-31-54(6)14-13-32(78-47-38(67)35(64)36(65)42(81-47)45(70)73-9)53(4,5)30(54)12-15-56(31,8)55(26,7)17-19-57/h10,25,27-44,46-50,59-69,72H,11-24H2,1-9H3/t25-,27-,28+,29-,30-,31+,32-,33-,34-,35-,36-,37+,38+,39+,40-,41-,42-,43+,44-,46-,47+,48-,49-,50-,54-,55+,56+,57-,58+/m0/s1. The SMILES string of the molecule is COC(=O)[C@H]1O[C@@H](O[C@H]2CC[C@]3(C)[C@H]4CC=C5[C@@H]6CC(C)(C)CC[C@]6(C(=O)O[C@@H]6OC[C@H](O)[C@H](O)[C@H]6O[C@@H]6O[C@@H](C)[C@H](O[C@@H]7OC[C@@H](O)[C@H](O)[C@H]7O)[C@@H](O[C@@H]7OC[C@](O)(CO)[C@H]7O)[C@H]6O)CC[C@@]5(C)[C@]4(C)CC[C@H]3C2(C)C)[C@H](O)[C@@H](O)[C@@H]1O. The second-order valence-electron chi connectivity index (χ2n) is 28.1. The molecule has 29 atom stereocenters. The molecular weight excluding hydrogens is 1100 g/mol. The van der Waals surface area contributed by atoms with E-state index in [-0.39, 0.29) is 39.4 Å². The van der Waals surface area contributed by atoms with Crippen LogP contribution in [0.2, 0.25) is 0 Å². The first kappa shape index (κ1) is 63.8. The van der Waals surface area contributed by atoms with Gasteiger partial charge in [-0.2, -0.15) is 0 Å². The van der Waals surface area contributed by atoms with Crippen LogP contribution < -0.4 is 0 Å². The first-order chi connectivity index (χ1) is 38.8. The minimum Gasteiger partial charge on any atom is -0.467 e. The van der Waals surface area contributed by atoms with Gasteiger partial charge in [0, 0.05) is 0 Å². The molecule has 5 heterocycles. The highest BCUT2D eigenvalue weighted by Gasteiger charge is 2.70. The Labute approximate surface area is 483 Å². The molecule has 4 saturated carbocycles. The maximum absolute atomic E-state index is 15.5. The molecule has 9 fully saturated rings. The van der Waals surface area contributed by atoms with Crippen LogP contribution in [0.15, 0.2) is 11.6 Å². The number of hydrogen-bond acceptors (Lipinski definition) is 25. The summed E-state index contributed by atoms with van der Waals surface area (Å²) in [6.07, 6.45) is -23.8. The Morgan fingerprint density at radius 3 is 1.93 bits per heavy atom. The maximum Gasteiger partial charge on any atom is 0.337 e. The van der Waals surface area contributed by atoms with Crippen molar-refractivity contribution in [3.63, 3.8) is 0 Å². The lowest BCUT2D eigenvalue weighted by molar-refractivity contribution is -0.381. The Hall–Kier alpha value is -2.16. The van der Waals surface area contributed by atoms with E-state index in [1.807, 2.05) is 0 Å². The molecule has 0 amide bonds. The summed E-state index contributed by atoms with van der Waals surface area (Å²) < 4.78 is 65.2. The highest BCUT2D eigenvalue weighted by Crippen LogP contribution is 2.76. The van der Waals surface area contributed by atoms with Crippen molar-refractivity contribution in [2.75, 3.05) is 33.5 Å². The molecule has 12 N–H and O–H groups in total. The van der Waals surface area contributed by atoms with Gasteiger partial charge in [-0.15, -0.1) is 0 Å². The number of hydrogen-bond donors (Lipinski definition) is 12. The normalized spacial score (nSPS) is 53.1. The molecule has 0 unspecified atom stereocenters. The lowest BCUT2D eigenvalue weighted by atomic mass is 9.33. The minimum atomic E-state index is -2.15. The summed E-state index contributed by atoms with van der Waals surface area (Å²) in [5, 5.41) is 130. The average molecular weight is 1190 g/mol. The van der Waals surface area contributed by atoms with Gasteiger partial charge in [-0.05, 0) is 116 Å². The fourth-order valence-corrected chi connectivity index (χ4v) is 17.2. The Bertz CT molecular complexity index is 2380. The van der Waals surface area contributed by atoms with Gasteiger partial charge >= 0.3 is 11.9 Å². The van der Waals surface area contributed by atoms with Crippen molar-refractivity contribution in [2.45, 2.75) is 254 Å². The van der Waals surface area contributed by atoms with Gasteiger partial charge in [0.2, 0.25) is 6.29 Å². The van der Waals surface area contributed by atoms with Gasteiger partial charge < -0.3 is 113 Å². The molecule has 0 aromatic heterocycles. The zero-order valence-corrected chi connectivity index (χ0v) is 49.0. The number of esters is 2. The van der Waals surface area contributed by atoms with E-state index in [0.29, 0.717) is 38.5 Å². The molecule has 5 saturated heterocycles. The number of fused-ring (bicyclic) bond motifs is 7. The number of aliphatic hydroxyl groups excluding tert-OH is 11. The number of ether oxygens (including phenoxy) is 11. The van der Waals surface area contributed by atoms with Crippen molar-refractivity contribution < 1.29 is 123 Å². The fourth-order valence-electron chi connectivity index (χ4n) is 17.2. The van der Waals surface area contributed by atoms with Gasteiger partial charge in [0.15, 0.2) is 37.4 Å². The molecule has 5 aliphatic heterocycles. The van der Waals surface area contributed by atoms with Crippen LogP contribution in [0.4, 0.5) is 0 Å². The van der Waals surface area contributed by atoms with Crippen LogP contribution in [0, 0.1) is 50.2 Å². The summed E-state index contributed by atoms with van der Waals surface area (Å²) in [4.78, 5) is 28.1. The summed E-state index contributed by atoms with van der Waals surface area (Å²) in [5.74, 6) is -1.33. The lowest BCUT2D eigenvalue weighted by Crippen LogP contribution is -2.66. The van der Waals surface area contributed by atoms with Crippen LogP contribution in [0.25, 0.3) is 0 Å². The van der Waals surface area contributed by atoms with Gasteiger partial charge in [-0.25, -0.2) is 4.79 Å². The van der Waals surface area contributed by atoms with Crippen molar-refractivity contribution in [1.82, 2.24) is 0 Å². The highest BCUT2D eigenvalue weighted by molar-refractivity contribution is 5.79. The zero-order valence-electron chi connectivity index (χ0n) is 49.0. The largest absolute Gasteiger partial charge is 0.467 e. The zero-order chi connectivity index (χ0) is 60.5. The van der Waals surface area contributed by atoms with Crippen LogP contribution in [-0.2, 0) is 61.7 Å². The van der Waals surface area contributed by atoms with E-state index in [0.717, 1.165) is 32.8 Å². The van der Waals surface area contributed by atoms with E-state index in [1.165, 1.54) is 12.5 Å². The number of rotatable bonds is 12. The summed E-state index contributed by atoms with van der Waals surface area (Å²) in [6.45, 7) is 15.1. The van der Waals surface area contributed by atoms with Crippen LogP contribution in [-0.4, -0.2) is 241 Å². The monoisotopic (exact) mass is 1190 g/mol. The molecule has 10 aliphatic rings. The van der Waals surface area contributed by atoms with Gasteiger partial charge in [0.05, 0.1) is 51.2 Å². The van der Waals surface area contributed by atoms with E-state index >= 15 is 4.79 Å². The first-order valence-corrected chi connectivity index (χ1v) is 29.7. The van der Waals surface area contributed by atoms with Crippen molar-refractivity contribution in [1.29, 1.82) is 0 Å². The predicted molar refractivity (Wildman–Crippen MR) is 281 cm³/mol. The van der Waals surface area contributed by atoms with Gasteiger partial charge in [-0.1, -0.05) is 60.1 Å². The van der Waals surface area contributed by atoms with Crippen LogP contribution in [0.3, 0.4) is 0 Å². The third-order valence-electron chi connectivity index (χ3n) is 22.6. The van der Waals surface area contributed by atoms with Gasteiger partial charge in [0.1, 0.15) is 78.8 Å². The molecule has 0 bridgehead atoms. The first-order valence-electron chi connectivity index (χ1n) is 29.7. The molecule has 25 nitrogen and oxygen atoms in total. The number of carbonyl (C=O) groups excluding carboxylic acids is 2. The molecule has 0 spiro atoms. The molecule has 0 aromatic rings. The number of carbonyl (C=O) groups is 2. The summed E-state index contributed by atoms with van der Waals surface area (Å²) >= 11 is 0. The Balaban J connectivity index is 0.884. The Morgan fingerprint density at radius 1 is 0.627 bits per heavy atom. The molecular formula is C58H92O25. The third-order valence-corrected chi connectivity index (χ3v) is 22.6. The van der Waals surface area contributed by atoms with Gasteiger partial charge in [-0.3, -0.25) is 4.79 Å². The molecule has 0 radical (unpaired) electrons. The van der Waals surface area contributed by atoms with E-state index < -0.39 is 184 Å². The summed E-state index contributed by atoms with van der Waals surface area (Å²) in [7, 11) is 1.15. The van der Waals surface area contributed by atoms with Crippen molar-refractivity contribution in [3.05, 3.63) is 11.6 Å². The van der Waals surface area contributed by atoms with E-state index in [4.69, 9.17) is 52.1 Å². The van der Waals surface area contributed by atoms with Crippen molar-refractivity contribution >= 4 is 11.9 Å². The number of methoxy groups -OCH3 is 1. The third kappa shape index (κ3) is 10.6. The summed E-state index contributed by atoms with van der Waals surface area (Å²) in [5.41, 5.74) is -3.32. The number of allylic oxidation sites excluding steroid dienone is 2. The van der Waals surface area contributed by atoms with Crippen LogP contribution >= 0.6 is 0 Å².